The molecule has 1 aromatic carbocycles. The van der Waals surface area contributed by atoms with Gasteiger partial charge < -0.3 is 10.4 Å². The molecule has 1 atom stereocenters. The maximum absolute atomic E-state index is 13.4. The van der Waals surface area contributed by atoms with E-state index in [1.54, 1.807) is 12.3 Å². The molecule has 3 N–H and O–H groups in total. The molecule has 0 spiro atoms. The number of hydrogen-bond acceptors (Lipinski definition) is 4. The number of urea groups is 1. The van der Waals surface area contributed by atoms with E-state index in [0.717, 1.165) is 17.8 Å². The third-order valence-corrected chi connectivity index (χ3v) is 3.50. The van der Waals surface area contributed by atoms with Crippen LogP contribution in [0.3, 0.4) is 0 Å². The van der Waals surface area contributed by atoms with E-state index >= 15 is 0 Å². The standard InChI is InChI=1S/C13H13F2N3O2S/c1-7-6-21-13(17-7)18-12(20)16-5-10(19)11-8(14)3-2-4-9(11)15/h2-4,6,10,19H,5H2,1H3,(H2,16,17,18,20). The van der Waals surface area contributed by atoms with Crippen LogP contribution in [-0.2, 0) is 0 Å². The lowest BCUT2D eigenvalue weighted by Crippen LogP contribution is -2.32. The van der Waals surface area contributed by atoms with Crippen molar-refractivity contribution in [2.45, 2.75) is 13.0 Å². The summed E-state index contributed by atoms with van der Waals surface area (Å²) in [6, 6.07) is 2.67. The molecule has 0 fully saturated rings. The Kier molecular flexibility index (Phi) is 4.81. The largest absolute Gasteiger partial charge is 0.386 e. The Bertz CT molecular complexity index is 628. The molecule has 0 saturated carbocycles. The zero-order valence-corrected chi connectivity index (χ0v) is 11.9. The van der Waals surface area contributed by atoms with Gasteiger partial charge in [-0.2, -0.15) is 0 Å². The molecule has 0 bridgehead atoms. The molecule has 1 aromatic heterocycles. The Balaban J connectivity index is 1.91. The van der Waals surface area contributed by atoms with Gasteiger partial charge in [0.2, 0.25) is 0 Å². The van der Waals surface area contributed by atoms with E-state index in [4.69, 9.17) is 0 Å². The first-order valence-electron chi connectivity index (χ1n) is 6.06. The molecule has 1 unspecified atom stereocenters. The van der Waals surface area contributed by atoms with Crippen molar-refractivity contribution in [3.8, 4) is 0 Å². The number of nitrogens with zero attached hydrogens (tertiary/aromatic N) is 1. The molecular weight excluding hydrogens is 300 g/mol. The Hall–Kier alpha value is -2.06. The van der Waals surface area contributed by atoms with E-state index in [-0.39, 0.29) is 6.54 Å². The summed E-state index contributed by atoms with van der Waals surface area (Å²) in [6.45, 7) is 1.46. The smallest absolute Gasteiger partial charge is 0.321 e. The van der Waals surface area contributed by atoms with Crippen LogP contribution < -0.4 is 10.6 Å². The molecule has 2 rings (SSSR count). The Morgan fingerprint density at radius 2 is 2.10 bits per heavy atom. The van der Waals surface area contributed by atoms with Crippen molar-refractivity contribution in [3.63, 3.8) is 0 Å². The van der Waals surface area contributed by atoms with Crippen LogP contribution in [0.15, 0.2) is 23.6 Å². The van der Waals surface area contributed by atoms with Crippen molar-refractivity contribution in [2.24, 2.45) is 0 Å². The van der Waals surface area contributed by atoms with E-state index in [1.807, 2.05) is 0 Å². The number of amides is 2. The van der Waals surface area contributed by atoms with Gasteiger partial charge in [0.25, 0.3) is 0 Å². The van der Waals surface area contributed by atoms with Crippen molar-refractivity contribution >= 4 is 22.5 Å². The van der Waals surface area contributed by atoms with Crippen LogP contribution in [0.1, 0.15) is 17.4 Å². The predicted octanol–water partition coefficient (Wildman–Crippen LogP) is 2.58. The van der Waals surface area contributed by atoms with Gasteiger partial charge in [-0.25, -0.2) is 18.6 Å². The van der Waals surface area contributed by atoms with Crippen LogP contribution in [0, 0.1) is 18.6 Å². The first kappa shape index (κ1) is 15.3. The Labute approximate surface area is 123 Å². The molecule has 0 aliphatic rings. The van der Waals surface area contributed by atoms with Crippen molar-refractivity contribution in [1.82, 2.24) is 10.3 Å². The van der Waals surface area contributed by atoms with Crippen LogP contribution in [0.2, 0.25) is 0 Å². The highest BCUT2D eigenvalue weighted by Gasteiger charge is 2.18. The number of halogens is 2. The molecule has 0 aliphatic heterocycles. The minimum absolute atomic E-state index is 0.325. The normalized spacial score (nSPS) is 12.0. The number of hydrogen-bond donors (Lipinski definition) is 3. The van der Waals surface area contributed by atoms with Crippen molar-refractivity contribution in [2.75, 3.05) is 11.9 Å². The summed E-state index contributed by atoms with van der Waals surface area (Å²) in [5.74, 6) is -1.72. The number of carbonyl (C=O) groups excluding carboxylic acids is 1. The Morgan fingerprint density at radius 3 is 2.67 bits per heavy atom. The average molecular weight is 313 g/mol. The van der Waals surface area contributed by atoms with E-state index in [9.17, 15) is 18.7 Å². The fraction of sp³-hybridized carbons (Fsp3) is 0.231. The molecule has 5 nitrogen and oxygen atoms in total. The van der Waals surface area contributed by atoms with Gasteiger partial charge in [0.15, 0.2) is 5.13 Å². The summed E-state index contributed by atoms with van der Waals surface area (Å²) in [5.41, 5.74) is 0.298. The molecule has 0 aliphatic carbocycles. The maximum Gasteiger partial charge on any atom is 0.321 e. The second-order valence-corrected chi connectivity index (χ2v) is 5.14. The fourth-order valence-corrected chi connectivity index (χ4v) is 2.36. The van der Waals surface area contributed by atoms with E-state index in [0.29, 0.717) is 5.13 Å². The van der Waals surface area contributed by atoms with Gasteiger partial charge in [0, 0.05) is 11.9 Å². The van der Waals surface area contributed by atoms with Crippen molar-refractivity contribution in [1.29, 1.82) is 0 Å². The quantitative estimate of drug-likeness (QED) is 0.812. The summed E-state index contributed by atoms with van der Waals surface area (Å²) >= 11 is 1.25. The molecule has 2 aromatic rings. The lowest BCUT2D eigenvalue weighted by molar-refractivity contribution is 0.166. The minimum atomic E-state index is -1.48. The highest BCUT2D eigenvalue weighted by Crippen LogP contribution is 2.20. The summed E-state index contributed by atoms with van der Waals surface area (Å²) in [5, 5.41) is 16.7. The number of nitrogens with one attached hydrogen (secondary N) is 2. The molecule has 2 amide bonds. The van der Waals surface area contributed by atoms with Gasteiger partial charge in [0.05, 0.1) is 11.3 Å². The van der Waals surface area contributed by atoms with E-state index in [2.05, 4.69) is 15.6 Å². The monoisotopic (exact) mass is 313 g/mol. The number of aryl methyl sites for hydroxylation is 1. The number of thiazole rings is 1. The molecule has 0 radical (unpaired) electrons. The fourth-order valence-electron chi connectivity index (χ4n) is 1.67. The molecular formula is C13H13F2N3O2S. The number of aliphatic hydroxyl groups excluding tert-OH is 1. The highest BCUT2D eigenvalue weighted by atomic mass is 32.1. The van der Waals surface area contributed by atoms with Gasteiger partial charge in [0.1, 0.15) is 17.7 Å². The van der Waals surface area contributed by atoms with Crippen molar-refractivity contribution in [3.05, 3.63) is 46.5 Å². The molecule has 112 valence electrons. The van der Waals surface area contributed by atoms with Crippen LogP contribution in [0.25, 0.3) is 0 Å². The minimum Gasteiger partial charge on any atom is -0.386 e. The molecule has 21 heavy (non-hydrogen) atoms. The number of anilines is 1. The number of aliphatic hydroxyl groups is 1. The average Bonchev–Trinajstić information content (AvgIpc) is 2.81. The predicted molar refractivity (Wildman–Crippen MR) is 75.2 cm³/mol. The molecule has 1 heterocycles. The molecule has 0 saturated heterocycles. The van der Waals surface area contributed by atoms with Gasteiger partial charge in [-0.15, -0.1) is 11.3 Å². The highest BCUT2D eigenvalue weighted by molar-refractivity contribution is 7.13. The second kappa shape index (κ2) is 6.59. The lowest BCUT2D eigenvalue weighted by atomic mass is 10.1. The lowest BCUT2D eigenvalue weighted by Gasteiger charge is -2.13. The summed E-state index contributed by atoms with van der Waals surface area (Å²) in [4.78, 5) is 15.6. The maximum atomic E-state index is 13.4. The Morgan fingerprint density at radius 1 is 1.43 bits per heavy atom. The van der Waals surface area contributed by atoms with E-state index in [1.165, 1.54) is 17.4 Å². The van der Waals surface area contributed by atoms with Crippen LogP contribution in [0.5, 0.6) is 0 Å². The first-order chi connectivity index (χ1) is 9.97. The SMILES string of the molecule is Cc1csc(NC(=O)NCC(O)c2c(F)cccc2F)n1. The van der Waals surface area contributed by atoms with E-state index < -0.39 is 29.3 Å². The zero-order chi connectivity index (χ0) is 15.4. The van der Waals surface area contributed by atoms with Crippen LogP contribution >= 0.6 is 11.3 Å². The third-order valence-electron chi connectivity index (χ3n) is 2.63. The zero-order valence-electron chi connectivity index (χ0n) is 11.1. The number of rotatable bonds is 4. The van der Waals surface area contributed by atoms with Crippen molar-refractivity contribution < 1.29 is 18.7 Å². The third kappa shape index (κ3) is 3.96. The number of aromatic nitrogens is 1. The summed E-state index contributed by atoms with van der Waals surface area (Å²) in [7, 11) is 0. The topological polar surface area (TPSA) is 74.2 Å². The summed E-state index contributed by atoms with van der Waals surface area (Å²) in [6.07, 6.45) is -1.48. The van der Waals surface area contributed by atoms with Gasteiger partial charge in [-0.3, -0.25) is 5.32 Å². The van der Waals surface area contributed by atoms with Gasteiger partial charge in [-0.05, 0) is 19.1 Å². The van der Waals surface area contributed by atoms with Crippen LogP contribution in [0.4, 0.5) is 18.7 Å². The summed E-state index contributed by atoms with van der Waals surface area (Å²) < 4.78 is 26.9. The molecule has 8 heteroatoms. The van der Waals surface area contributed by atoms with Gasteiger partial charge in [-0.1, -0.05) is 6.07 Å². The van der Waals surface area contributed by atoms with Crippen LogP contribution in [-0.4, -0.2) is 22.7 Å². The number of benzene rings is 1. The second-order valence-electron chi connectivity index (χ2n) is 4.28. The number of carbonyl (C=O) groups is 1. The van der Waals surface area contributed by atoms with Gasteiger partial charge >= 0.3 is 6.03 Å². The first-order valence-corrected chi connectivity index (χ1v) is 6.94.